The van der Waals surface area contributed by atoms with Crippen LogP contribution in [0.4, 0.5) is 17.6 Å². The third-order valence-corrected chi connectivity index (χ3v) is 2.29. The Morgan fingerprint density at radius 1 is 1.20 bits per heavy atom. The van der Waals surface area contributed by atoms with E-state index in [1.165, 1.54) is 13.0 Å². The van der Waals surface area contributed by atoms with E-state index in [2.05, 4.69) is 0 Å². The molecule has 1 unspecified atom stereocenters. The van der Waals surface area contributed by atoms with Gasteiger partial charge in [-0.2, -0.15) is 13.2 Å². The Balaban J connectivity index is 3.22. The molecule has 0 heterocycles. The van der Waals surface area contributed by atoms with E-state index in [0.29, 0.717) is 13.0 Å². The first kappa shape index (κ1) is 12.0. The molecule has 0 aliphatic rings. The summed E-state index contributed by atoms with van der Waals surface area (Å²) < 4.78 is 50.2. The van der Waals surface area contributed by atoms with E-state index in [-0.39, 0.29) is 5.56 Å². The molecule has 84 valence electrons. The lowest BCUT2D eigenvalue weighted by Crippen LogP contribution is -2.39. The van der Waals surface area contributed by atoms with Gasteiger partial charge in [0.1, 0.15) is 5.82 Å². The van der Waals surface area contributed by atoms with Crippen LogP contribution in [0.2, 0.25) is 0 Å². The van der Waals surface area contributed by atoms with Crippen molar-refractivity contribution >= 4 is 0 Å². The zero-order valence-electron chi connectivity index (χ0n) is 8.19. The quantitative estimate of drug-likeness (QED) is 0.724. The topological polar surface area (TPSA) is 20.2 Å². The van der Waals surface area contributed by atoms with Gasteiger partial charge in [0.15, 0.2) is 5.60 Å². The largest absolute Gasteiger partial charge is 0.421 e. The summed E-state index contributed by atoms with van der Waals surface area (Å²) in [7, 11) is 0. The van der Waals surface area contributed by atoms with E-state index in [1.54, 1.807) is 0 Å². The third-order valence-electron chi connectivity index (χ3n) is 2.29. The van der Waals surface area contributed by atoms with Gasteiger partial charge < -0.3 is 5.11 Å². The van der Waals surface area contributed by atoms with Crippen molar-refractivity contribution in [3.05, 3.63) is 35.1 Å². The minimum Gasteiger partial charge on any atom is -0.376 e. The molecule has 0 saturated carbocycles. The monoisotopic (exact) mass is 222 g/mol. The van der Waals surface area contributed by atoms with Crippen molar-refractivity contribution in [1.29, 1.82) is 0 Å². The summed E-state index contributed by atoms with van der Waals surface area (Å²) in [4.78, 5) is 0. The molecule has 1 N–H and O–H groups in total. The van der Waals surface area contributed by atoms with Gasteiger partial charge in [0.05, 0.1) is 0 Å². The van der Waals surface area contributed by atoms with Crippen LogP contribution in [0.15, 0.2) is 18.2 Å². The van der Waals surface area contributed by atoms with Gasteiger partial charge in [-0.1, -0.05) is 12.1 Å². The molecular formula is C10H10F4O. The molecule has 0 saturated heterocycles. The van der Waals surface area contributed by atoms with Crippen molar-refractivity contribution in [1.82, 2.24) is 0 Å². The zero-order valence-corrected chi connectivity index (χ0v) is 8.19. The third kappa shape index (κ3) is 2.12. The standard InChI is InChI=1S/C10H10F4O/c1-6-3-4-7(5-8(6)11)9(2,15)10(12,13)14/h3-5,15H,1-2H3. The van der Waals surface area contributed by atoms with Crippen LogP contribution >= 0.6 is 0 Å². The number of alkyl halides is 3. The highest BCUT2D eigenvalue weighted by molar-refractivity contribution is 5.28. The summed E-state index contributed by atoms with van der Waals surface area (Å²) in [6.45, 7) is 2.03. The normalized spacial score (nSPS) is 16.2. The molecule has 0 aliphatic heterocycles. The molecule has 1 atom stereocenters. The fraction of sp³-hybridized carbons (Fsp3) is 0.400. The minimum atomic E-state index is -4.82. The summed E-state index contributed by atoms with van der Waals surface area (Å²) in [5, 5.41) is 9.25. The number of aryl methyl sites for hydroxylation is 1. The van der Waals surface area contributed by atoms with Crippen LogP contribution in [0.3, 0.4) is 0 Å². The van der Waals surface area contributed by atoms with E-state index >= 15 is 0 Å². The second kappa shape index (κ2) is 3.48. The van der Waals surface area contributed by atoms with Gasteiger partial charge in [0.2, 0.25) is 0 Å². The maximum absolute atomic E-state index is 13.0. The van der Waals surface area contributed by atoms with Crippen LogP contribution in [0, 0.1) is 12.7 Å². The molecule has 0 spiro atoms. The second-order valence-corrected chi connectivity index (χ2v) is 3.53. The average molecular weight is 222 g/mol. The molecule has 1 aromatic rings. The van der Waals surface area contributed by atoms with E-state index in [4.69, 9.17) is 0 Å². The van der Waals surface area contributed by atoms with Crippen molar-refractivity contribution in [2.24, 2.45) is 0 Å². The van der Waals surface area contributed by atoms with Crippen LogP contribution in [0.1, 0.15) is 18.1 Å². The van der Waals surface area contributed by atoms with Gasteiger partial charge in [0, 0.05) is 0 Å². The highest BCUT2D eigenvalue weighted by Crippen LogP contribution is 2.38. The fourth-order valence-corrected chi connectivity index (χ4v) is 1.06. The van der Waals surface area contributed by atoms with Crippen LogP contribution in [-0.2, 0) is 5.60 Å². The van der Waals surface area contributed by atoms with Crippen LogP contribution < -0.4 is 0 Å². The lowest BCUT2D eigenvalue weighted by atomic mass is 9.94. The molecule has 0 radical (unpaired) electrons. The van der Waals surface area contributed by atoms with Crippen molar-refractivity contribution in [3.63, 3.8) is 0 Å². The Kier molecular flexibility index (Phi) is 2.78. The predicted octanol–water partition coefficient (Wildman–Crippen LogP) is 2.90. The van der Waals surface area contributed by atoms with Crippen molar-refractivity contribution < 1.29 is 22.7 Å². The first-order valence-corrected chi connectivity index (χ1v) is 4.22. The van der Waals surface area contributed by atoms with Gasteiger partial charge in [-0.05, 0) is 31.0 Å². The van der Waals surface area contributed by atoms with Gasteiger partial charge in [0.25, 0.3) is 0 Å². The van der Waals surface area contributed by atoms with E-state index in [9.17, 15) is 22.7 Å². The number of rotatable bonds is 1. The molecule has 0 bridgehead atoms. The van der Waals surface area contributed by atoms with Gasteiger partial charge in [-0.15, -0.1) is 0 Å². The zero-order chi connectivity index (χ0) is 11.9. The minimum absolute atomic E-state index is 0.233. The molecule has 1 nitrogen and oxygen atoms in total. The Bertz CT molecular complexity index is 368. The maximum Gasteiger partial charge on any atom is 0.421 e. The summed E-state index contributed by atoms with van der Waals surface area (Å²) in [6, 6.07) is 2.96. The smallest absolute Gasteiger partial charge is 0.376 e. The Morgan fingerprint density at radius 2 is 1.73 bits per heavy atom. The van der Waals surface area contributed by atoms with E-state index in [1.807, 2.05) is 0 Å². The van der Waals surface area contributed by atoms with Crippen LogP contribution in [0.25, 0.3) is 0 Å². The maximum atomic E-state index is 13.0. The molecule has 0 fully saturated rings. The Labute approximate surface area is 84.3 Å². The Morgan fingerprint density at radius 3 is 2.13 bits per heavy atom. The average Bonchev–Trinajstić information content (AvgIpc) is 2.07. The van der Waals surface area contributed by atoms with Crippen molar-refractivity contribution in [2.45, 2.75) is 25.6 Å². The molecule has 0 aromatic heterocycles. The molecule has 1 rings (SSSR count). The molecule has 15 heavy (non-hydrogen) atoms. The van der Waals surface area contributed by atoms with Crippen LogP contribution in [0.5, 0.6) is 0 Å². The predicted molar refractivity (Wildman–Crippen MR) is 46.8 cm³/mol. The Hall–Kier alpha value is -1.10. The van der Waals surface area contributed by atoms with E-state index < -0.39 is 23.2 Å². The molecule has 0 aliphatic carbocycles. The lowest BCUT2D eigenvalue weighted by molar-refractivity contribution is -0.258. The van der Waals surface area contributed by atoms with Gasteiger partial charge in [-0.3, -0.25) is 0 Å². The fourth-order valence-electron chi connectivity index (χ4n) is 1.06. The summed E-state index contributed by atoms with van der Waals surface area (Å²) in [5.74, 6) is -0.767. The summed E-state index contributed by atoms with van der Waals surface area (Å²) >= 11 is 0. The van der Waals surface area contributed by atoms with Crippen molar-refractivity contribution in [3.8, 4) is 0 Å². The number of benzene rings is 1. The highest BCUT2D eigenvalue weighted by Gasteiger charge is 2.51. The lowest BCUT2D eigenvalue weighted by Gasteiger charge is -2.26. The first-order chi connectivity index (χ1) is 6.66. The van der Waals surface area contributed by atoms with E-state index in [0.717, 1.165) is 6.07 Å². The number of halogens is 4. The second-order valence-electron chi connectivity index (χ2n) is 3.53. The first-order valence-electron chi connectivity index (χ1n) is 4.22. The summed E-state index contributed by atoms with van der Waals surface area (Å²) in [5.41, 5.74) is -3.29. The highest BCUT2D eigenvalue weighted by atomic mass is 19.4. The molecule has 5 heteroatoms. The van der Waals surface area contributed by atoms with Crippen LogP contribution in [-0.4, -0.2) is 11.3 Å². The SMILES string of the molecule is Cc1ccc(C(C)(O)C(F)(F)F)cc1F. The number of aliphatic hydroxyl groups is 1. The number of hydrogen-bond donors (Lipinski definition) is 1. The van der Waals surface area contributed by atoms with Gasteiger partial charge in [-0.25, -0.2) is 4.39 Å². The summed E-state index contributed by atoms with van der Waals surface area (Å²) in [6.07, 6.45) is -4.82. The van der Waals surface area contributed by atoms with Crippen molar-refractivity contribution in [2.75, 3.05) is 0 Å². The molecule has 0 amide bonds. The molecule has 1 aromatic carbocycles. The number of hydrogen-bond acceptors (Lipinski definition) is 1. The molecular weight excluding hydrogens is 212 g/mol. The van der Waals surface area contributed by atoms with Gasteiger partial charge >= 0.3 is 6.18 Å².